The number of carbonyl (C=O) groups is 2. The molecule has 0 bridgehead atoms. The summed E-state index contributed by atoms with van der Waals surface area (Å²) in [5, 5.41) is 8.78. The van der Waals surface area contributed by atoms with Crippen molar-refractivity contribution in [2.75, 3.05) is 6.26 Å². The van der Waals surface area contributed by atoms with Gasteiger partial charge in [0.2, 0.25) is 16.1 Å². The third-order valence-electron chi connectivity index (χ3n) is 1.74. The average Bonchev–Trinajstić information content (AvgIpc) is 2.38. The predicted octanol–water partition coefficient (Wildman–Crippen LogP) is 1.61. The highest BCUT2D eigenvalue weighted by atomic mass is 32.2. The zero-order valence-corrected chi connectivity index (χ0v) is 11.5. The van der Waals surface area contributed by atoms with E-state index in [1.54, 1.807) is 30.3 Å². The van der Waals surface area contributed by atoms with Gasteiger partial charge in [-0.25, -0.2) is 8.98 Å². The minimum absolute atomic E-state index is 0.551. The summed E-state index contributed by atoms with van der Waals surface area (Å²) in [6, 6.07) is 8.27. The molecule has 0 aliphatic rings. The number of hydrogen-bond donors (Lipinski definition) is 0. The van der Waals surface area contributed by atoms with Crippen LogP contribution in [0.4, 0.5) is 26.3 Å². The number of hydrogen-bond acceptors (Lipinski definition) is 4. The third kappa shape index (κ3) is 7.76. The van der Waals surface area contributed by atoms with Gasteiger partial charge < -0.3 is 9.90 Å². The van der Waals surface area contributed by atoms with Gasteiger partial charge in [-0.05, 0) is 12.1 Å². The molecule has 0 fully saturated rings. The normalized spacial score (nSPS) is 12.7. The molecule has 0 amide bonds. The van der Waals surface area contributed by atoms with Gasteiger partial charge >= 0.3 is 18.3 Å². The summed E-state index contributed by atoms with van der Waals surface area (Å²) in [5.41, 5.74) is 0. The second-order valence-corrected chi connectivity index (χ2v) is 4.97. The maximum absolute atomic E-state index is 11.9. The second-order valence-electron chi connectivity index (χ2n) is 3.42. The quantitative estimate of drug-likeness (QED) is 0.600. The van der Waals surface area contributed by atoms with E-state index in [4.69, 9.17) is 9.90 Å². The third-order valence-corrected chi connectivity index (χ3v) is 3.08. The molecule has 0 aliphatic carbocycles. The highest BCUT2D eigenvalue weighted by Crippen LogP contribution is 2.21. The van der Waals surface area contributed by atoms with Gasteiger partial charge in [0.15, 0.2) is 0 Å². The van der Waals surface area contributed by atoms with Gasteiger partial charge in [-0.15, -0.1) is 0 Å². The highest BCUT2D eigenvalue weighted by molar-refractivity contribution is 7.92. The van der Waals surface area contributed by atoms with Crippen molar-refractivity contribution in [1.82, 2.24) is 0 Å². The summed E-state index contributed by atoms with van der Waals surface area (Å²) in [6.45, 7) is 0. The van der Waals surface area contributed by atoms with Crippen LogP contribution in [0, 0.1) is 0 Å². The molecular formula is C11H8F6O4S. The van der Waals surface area contributed by atoms with Crippen LogP contribution < -0.4 is 5.11 Å². The van der Waals surface area contributed by atoms with Crippen LogP contribution in [0.2, 0.25) is 0 Å². The Labute approximate surface area is 123 Å². The Balaban J connectivity index is 0.000000534. The molecule has 1 unspecified atom stereocenters. The first-order chi connectivity index (χ1) is 9.85. The maximum Gasteiger partial charge on any atom is 0.496 e. The lowest BCUT2D eigenvalue weighted by molar-refractivity contribution is -0.344. The summed E-state index contributed by atoms with van der Waals surface area (Å²) in [6.07, 6.45) is -8.71. The summed E-state index contributed by atoms with van der Waals surface area (Å²) in [5.74, 6) is -5.16. The van der Waals surface area contributed by atoms with E-state index < -0.39 is 35.5 Å². The lowest BCUT2D eigenvalue weighted by Crippen LogP contribution is -2.37. The second kappa shape index (κ2) is 7.92. The van der Waals surface area contributed by atoms with Crippen LogP contribution in [0.25, 0.3) is 0 Å². The average molecular weight is 350 g/mol. The molecule has 0 heterocycles. The molecule has 1 aromatic rings. The van der Waals surface area contributed by atoms with Crippen LogP contribution in [0.3, 0.4) is 0 Å². The number of rotatable bonds is 2. The molecule has 0 spiro atoms. The standard InChI is InChI=1S/C9H8F3O2S.C2HF3O2/c1-15(7-5-3-2-4-6-7)14-8(13)9(10,11)12;3-2(4,5)1(6)7/h2-6H,1H3;(H,6,7)/q+1;/p-1. The van der Waals surface area contributed by atoms with E-state index in [0.717, 1.165) is 0 Å². The molecule has 22 heavy (non-hydrogen) atoms. The summed E-state index contributed by atoms with van der Waals surface area (Å²) < 4.78 is 71.4. The van der Waals surface area contributed by atoms with E-state index in [2.05, 4.69) is 4.18 Å². The van der Waals surface area contributed by atoms with E-state index in [0.29, 0.717) is 4.90 Å². The van der Waals surface area contributed by atoms with Crippen LogP contribution in [0.5, 0.6) is 0 Å². The Hall–Kier alpha value is -1.91. The van der Waals surface area contributed by atoms with Crippen LogP contribution in [0.1, 0.15) is 0 Å². The maximum atomic E-state index is 11.9. The largest absolute Gasteiger partial charge is 0.542 e. The molecule has 0 saturated carbocycles. The fraction of sp³-hybridized carbons (Fsp3) is 0.273. The predicted molar refractivity (Wildman–Crippen MR) is 61.2 cm³/mol. The fourth-order valence-electron chi connectivity index (χ4n) is 0.821. The number of carbonyl (C=O) groups excluding carboxylic acids is 2. The van der Waals surface area contributed by atoms with Gasteiger partial charge in [-0.1, -0.05) is 18.2 Å². The lowest BCUT2D eigenvalue weighted by atomic mass is 10.4. The first kappa shape index (κ1) is 20.1. The zero-order valence-electron chi connectivity index (χ0n) is 10.7. The fourth-order valence-corrected chi connectivity index (χ4v) is 1.78. The monoisotopic (exact) mass is 350 g/mol. The topological polar surface area (TPSA) is 66.4 Å². The smallest absolute Gasteiger partial charge is 0.496 e. The number of carboxylic acid groups (broad SMARTS) is 1. The van der Waals surface area contributed by atoms with Gasteiger partial charge in [0.05, 0.1) is 0 Å². The van der Waals surface area contributed by atoms with Crippen LogP contribution >= 0.6 is 0 Å². The van der Waals surface area contributed by atoms with Gasteiger partial charge in [0.1, 0.15) is 12.2 Å². The summed E-state index contributed by atoms with van der Waals surface area (Å²) >= 11 is -1.18. The van der Waals surface area contributed by atoms with Crippen molar-refractivity contribution in [3.05, 3.63) is 30.3 Å². The molecule has 1 rings (SSSR count). The first-order valence-electron chi connectivity index (χ1n) is 5.14. The van der Waals surface area contributed by atoms with Crippen LogP contribution in [-0.2, 0) is 24.9 Å². The Morgan fingerprint density at radius 3 is 1.73 bits per heavy atom. The summed E-state index contributed by atoms with van der Waals surface area (Å²) in [7, 11) is 0. The number of halogens is 6. The van der Waals surface area contributed by atoms with Gasteiger partial charge in [0.25, 0.3) is 0 Å². The molecule has 0 radical (unpaired) electrons. The van der Waals surface area contributed by atoms with Gasteiger partial charge in [0, 0.05) is 0 Å². The van der Waals surface area contributed by atoms with Crippen molar-refractivity contribution in [1.29, 1.82) is 0 Å². The van der Waals surface area contributed by atoms with Gasteiger partial charge in [-0.3, -0.25) is 0 Å². The SMILES string of the molecule is C[S+](OC(=O)C(F)(F)F)c1ccccc1.O=C([O-])C(F)(F)F. The molecule has 124 valence electrons. The number of carboxylic acids is 1. The molecule has 0 aromatic heterocycles. The van der Waals surface area contributed by atoms with E-state index in [-0.39, 0.29) is 0 Å². The minimum Gasteiger partial charge on any atom is -0.542 e. The molecule has 1 aromatic carbocycles. The van der Waals surface area contributed by atoms with Crippen molar-refractivity contribution < 1.29 is 45.2 Å². The lowest BCUT2D eigenvalue weighted by Gasteiger charge is -2.03. The van der Waals surface area contributed by atoms with Crippen molar-refractivity contribution in [2.45, 2.75) is 17.2 Å². The van der Waals surface area contributed by atoms with Crippen molar-refractivity contribution in [3.8, 4) is 0 Å². The Bertz CT molecular complexity index is 500. The van der Waals surface area contributed by atoms with Crippen molar-refractivity contribution in [3.63, 3.8) is 0 Å². The number of alkyl halides is 6. The van der Waals surface area contributed by atoms with Crippen LogP contribution in [0.15, 0.2) is 35.2 Å². The molecule has 1 atom stereocenters. The number of aliphatic carboxylic acids is 1. The first-order valence-corrected chi connectivity index (χ1v) is 6.70. The summed E-state index contributed by atoms with van der Waals surface area (Å²) in [4.78, 5) is 19.8. The number of benzene rings is 1. The molecular weight excluding hydrogens is 342 g/mol. The molecule has 0 saturated heterocycles. The Morgan fingerprint density at radius 2 is 1.41 bits per heavy atom. The van der Waals surface area contributed by atoms with Crippen LogP contribution in [-0.4, -0.2) is 30.5 Å². The van der Waals surface area contributed by atoms with E-state index >= 15 is 0 Å². The minimum atomic E-state index is -5.19. The Kier molecular flexibility index (Phi) is 7.23. The highest BCUT2D eigenvalue weighted by Gasteiger charge is 2.45. The molecule has 0 N–H and O–H groups in total. The van der Waals surface area contributed by atoms with Crippen molar-refractivity contribution in [2.24, 2.45) is 0 Å². The van der Waals surface area contributed by atoms with Gasteiger partial charge in [-0.2, -0.15) is 26.3 Å². The van der Waals surface area contributed by atoms with Crippen molar-refractivity contribution >= 4 is 23.1 Å². The van der Waals surface area contributed by atoms with E-state index in [1.807, 2.05) is 0 Å². The molecule has 0 aliphatic heterocycles. The zero-order chi connectivity index (χ0) is 17.6. The van der Waals surface area contributed by atoms with E-state index in [9.17, 15) is 31.1 Å². The molecule has 11 heteroatoms. The van der Waals surface area contributed by atoms with E-state index in [1.165, 1.54) is 6.26 Å². The molecule has 4 nitrogen and oxygen atoms in total. The Morgan fingerprint density at radius 1 is 1.00 bits per heavy atom.